The molecule has 0 bridgehead atoms. The quantitative estimate of drug-likeness (QED) is 0.770. The summed E-state index contributed by atoms with van der Waals surface area (Å²) in [4.78, 5) is 18.2. The van der Waals surface area contributed by atoms with Crippen molar-refractivity contribution in [2.45, 2.75) is 0 Å². The topological polar surface area (TPSA) is 33.2 Å². The second-order valence-electron chi connectivity index (χ2n) is 4.45. The minimum Gasteiger partial charge on any atom is -0.302 e. The van der Waals surface area contributed by atoms with Crippen LogP contribution in [0, 0.1) is 0 Å². The fraction of sp³-hybridized carbons (Fsp3) is 0.200. The Morgan fingerprint density at radius 3 is 2.61 bits per heavy atom. The number of pyridine rings is 1. The Morgan fingerprint density at radius 2 is 1.94 bits per heavy atom. The third-order valence-corrected chi connectivity index (χ3v) is 2.66. The second kappa shape index (κ2) is 5.56. The lowest BCUT2D eigenvalue weighted by Crippen LogP contribution is -2.22. The van der Waals surface area contributed by atoms with Gasteiger partial charge in [-0.1, -0.05) is 30.3 Å². The summed E-state index contributed by atoms with van der Waals surface area (Å²) in [5.41, 5.74) is 2.66. The van der Waals surface area contributed by atoms with Gasteiger partial charge in [0.25, 0.3) is 0 Å². The van der Waals surface area contributed by atoms with Crippen LogP contribution in [0.4, 0.5) is 0 Å². The Kier molecular flexibility index (Phi) is 3.85. The predicted octanol–water partition coefficient (Wildman–Crippen LogP) is 2.49. The summed E-state index contributed by atoms with van der Waals surface area (Å²) in [5.74, 6) is 0.124. The van der Waals surface area contributed by atoms with Crippen molar-refractivity contribution in [3.63, 3.8) is 0 Å². The van der Waals surface area contributed by atoms with Gasteiger partial charge in [0.1, 0.15) is 0 Å². The third kappa shape index (κ3) is 2.81. The number of hydrogen-bond acceptors (Lipinski definition) is 3. The molecule has 3 heteroatoms. The molecule has 0 amide bonds. The molecule has 0 saturated carbocycles. The van der Waals surface area contributed by atoms with Gasteiger partial charge in [-0.05, 0) is 25.7 Å². The minimum atomic E-state index is 0.124. The van der Waals surface area contributed by atoms with Crippen LogP contribution in [0.5, 0.6) is 0 Å². The normalized spacial score (nSPS) is 10.6. The van der Waals surface area contributed by atoms with Crippen LogP contribution in [0.15, 0.2) is 48.8 Å². The first-order chi connectivity index (χ1) is 8.68. The van der Waals surface area contributed by atoms with Gasteiger partial charge in [0.15, 0.2) is 5.78 Å². The van der Waals surface area contributed by atoms with Gasteiger partial charge >= 0.3 is 0 Å². The highest BCUT2D eigenvalue weighted by molar-refractivity contribution is 6.03. The molecule has 1 aromatic heterocycles. The monoisotopic (exact) mass is 240 g/mol. The molecule has 0 fully saturated rings. The van der Waals surface area contributed by atoms with E-state index < -0.39 is 0 Å². The second-order valence-corrected chi connectivity index (χ2v) is 4.45. The fourth-order valence-corrected chi connectivity index (χ4v) is 1.87. The maximum atomic E-state index is 12.2. The summed E-state index contributed by atoms with van der Waals surface area (Å²) in [5, 5.41) is 0. The number of aromatic nitrogens is 1. The Labute approximate surface area is 107 Å². The van der Waals surface area contributed by atoms with Gasteiger partial charge < -0.3 is 4.90 Å². The lowest BCUT2D eigenvalue weighted by Gasteiger charge is -2.11. The Balaban J connectivity index is 2.41. The first-order valence-corrected chi connectivity index (χ1v) is 5.86. The number of nitrogens with zero attached hydrogens (tertiary/aromatic N) is 2. The number of hydrogen-bond donors (Lipinski definition) is 0. The highest BCUT2D eigenvalue weighted by Gasteiger charge is 2.12. The van der Waals surface area contributed by atoms with Crippen molar-refractivity contribution in [3.8, 4) is 11.1 Å². The van der Waals surface area contributed by atoms with E-state index in [0.717, 1.165) is 16.7 Å². The minimum absolute atomic E-state index is 0.124. The average molecular weight is 240 g/mol. The molecule has 0 N–H and O–H groups in total. The molecular formula is C15H16N2O. The number of ketones is 1. The van der Waals surface area contributed by atoms with Crippen LogP contribution >= 0.6 is 0 Å². The van der Waals surface area contributed by atoms with Crippen molar-refractivity contribution in [1.29, 1.82) is 0 Å². The van der Waals surface area contributed by atoms with E-state index in [9.17, 15) is 4.79 Å². The van der Waals surface area contributed by atoms with E-state index >= 15 is 0 Å². The van der Waals surface area contributed by atoms with E-state index in [1.807, 2.05) is 55.4 Å². The number of rotatable bonds is 4. The van der Waals surface area contributed by atoms with Crippen molar-refractivity contribution < 1.29 is 4.79 Å². The summed E-state index contributed by atoms with van der Waals surface area (Å²) < 4.78 is 0. The van der Waals surface area contributed by atoms with Gasteiger partial charge in [0.05, 0.1) is 6.54 Å². The summed E-state index contributed by atoms with van der Waals surface area (Å²) in [6.45, 7) is 0.414. The van der Waals surface area contributed by atoms with Crippen LogP contribution in [0.2, 0.25) is 0 Å². The molecule has 0 aliphatic carbocycles. The maximum absolute atomic E-state index is 12.2. The zero-order chi connectivity index (χ0) is 13.0. The largest absolute Gasteiger partial charge is 0.302 e. The number of Topliss-reactive ketones (excluding diaryl/α,β-unsaturated/α-hetero) is 1. The van der Waals surface area contributed by atoms with Gasteiger partial charge in [-0.3, -0.25) is 9.78 Å². The van der Waals surface area contributed by atoms with E-state index in [1.54, 1.807) is 12.4 Å². The van der Waals surface area contributed by atoms with Crippen molar-refractivity contribution in [2.75, 3.05) is 20.6 Å². The zero-order valence-corrected chi connectivity index (χ0v) is 10.6. The molecule has 0 atom stereocenters. The van der Waals surface area contributed by atoms with Crippen LogP contribution in [0.25, 0.3) is 11.1 Å². The molecule has 0 spiro atoms. The van der Waals surface area contributed by atoms with Gasteiger partial charge in [-0.2, -0.15) is 0 Å². The van der Waals surface area contributed by atoms with E-state index in [1.165, 1.54) is 0 Å². The van der Waals surface area contributed by atoms with E-state index in [-0.39, 0.29) is 5.78 Å². The highest BCUT2D eigenvalue weighted by atomic mass is 16.1. The molecular weight excluding hydrogens is 224 g/mol. The van der Waals surface area contributed by atoms with Gasteiger partial charge in [0, 0.05) is 23.5 Å². The molecule has 0 aliphatic heterocycles. The summed E-state index contributed by atoms with van der Waals surface area (Å²) in [6.07, 6.45) is 3.51. The lowest BCUT2D eigenvalue weighted by atomic mass is 9.98. The number of carbonyl (C=O) groups is 1. The average Bonchev–Trinajstić information content (AvgIpc) is 2.39. The SMILES string of the molecule is CN(C)CC(=O)c1ccccc1-c1cccnc1. The molecule has 0 aliphatic rings. The molecule has 1 heterocycles. The fourth-order valence-electron chi connectivity index (χ4n) is 1.87. The van der Waals surface area contributed by atoms with Crippen molar-refractivity contribution in [1.82, 2.24) is 9.88 Å². The first kappa shape index (κ1) is 12.5. The number of carbonyl (C=O) groups excluding carboxylic acids is 1. The Morgan fingerprint density at radius 1 is 1.17 bits per heavy atom. The first-order valence-electron chi connectivity index (χ1n) is 5.86. The third-order valence-electron chi connectivity index (χ3n) is 2.66. The molecule has 92 valence electrons. The highest BCUT2D eigenvalue weighted by Crippen LogP contribution is 2.23. The molecule has 0 saturated heterocycles. The van der Waals surface area contributed by atoms with Crippen LogP contribution in [0.1, 0.15) is 10.4 Å². The van der Waals surface area contributed by atoms with Crippen molar-refractivity contribution >= 4 is 5.78 Å². The zero-order valence-electron chi connectivity index (χ0n) is 10.6. The van der Waals surface area contributed by atoms with E-state index in [0.29, 0.717) is 6.54 Å². The molecule has 0 radical (unpaired) electrons. The smallest absolute Gasteiger partial charge is 0.177 e. The maximum Gasteiger partial charge on any atom is 0.177 e. The van der Waals surface area contributed by atoms with Crippen LogP contribution < -0.4 is 0 Å². The van der Waals surface area contributed by atoms with Crippen molar-refractivity contribution in [2.24, 2.45) is 0 Å². The standard InChI is InChI=1S/C15H16N2O/c1-17(2)11-15(18)14-8-4-3-7-13(14)12-6-5-9-16-10-12/h3-10H,11H2,1-2H3. The van der Waals surface area contributed by atoms with Gasteiger partial charge in [-0.15, -0.1) is 0 Å². The predicted molar refractivity (Wildman–Crippen MR) is 72.6 cm³/mol. The van der Waals surface area contributed by atoms with Crippen molar-refractivity contribution in [3.05, 3.63) is 54.4 Å². The summed E-state index contributed by atoms with van der Waals surface area (Å²) in [6, 6.07) is 11.5. The van der Waals surface area contributed by atoms with E-state index in [2.05, 4.69) is 4.98 Å². The molecule has 2 rings (SSSR count). The Hall–Kier alpha value is -2.00. The summed E-state index contributed by atoms with van der Waals surface area (Å²) in [7, 11) is 3.79. The van der Waals surface area contributed by atoms with E-state index in [4.69, 9.17) is 0 Å². The Bertz CT molecular complexity index is 535. The molecule has 1 aromatic carbocycles. The lowest BCUT2D eigenvalue weighted by molar-refractivity contribution is 0.0958. The molecule has 2 aromatic rings. The molecule has 3 nitrogen and oxygen atoms in total. The van der Waals surface area contributed by atoms with Gasteiger partial charge in [0.2, 0.25) is 0 Å². The van der Waals surface area contributed by atoms with Crippen LogP contribution in [-0.2, 0) is 0 Å². The number of likely N-dealkylation sites (N-methyl/N-ethyl adjacent to an activating group) is 1. The van der Waals surface area contributed by atoms with Crippen LogP contribution in [0.3, 0.4) is 0 Å². The summed E-state index contributed by atoms with van der Waals surface area (Å²) >= 11 is 0. The van der Waals surface area contributed by atoms with Gasteiger partial charge in [-0.25, -0.2) is 0 Å². The molecule has 18 heavy (non-hydrogen) atoms. The van der Waals surface area contributed by atoms with Crippen LogP contribution in [-0.4, -0.2) is 36.3 Å². The number of benzene rings is 1. The molecule has 0 unspecified atom stereocenters.